The van der Waals surface area contributed by atoms with Gasteiger partial charge in [-0.25, -0.2) is 8.42 Å². The molecule has 6 nitrogen and oxygen atoms in total. The molecule has 1 aromatic heterocycles. The third-order valence-electron chi connectivity index (χ3n) is 5.04. The van der Waals surface area contributed by atoms with Crippen LogP contribution < -0.4 is 4.90 Å². The van der Waals surface area contributed by atoms with Gasteiger partial charge in [0.1, 0.15) is 0 Å². The SMILES string of the molecule is COCCCS(=O)(=O)N1CCN(c2c(C)c(C)nc3ccccc23)CC1. The summed E-state index contributed by atoms with van der Waals surface area (Å²) in [5.74, 6) is 0.150. The Labute approximate surface area is 155 Å². The molecule has 0 unspecified atom stereocenters. The van der Waals surface area contributed by atoms with Crippen molar-refractivity contribution in [1.29, 1.82) is 0 Å². The standard InChI is InChI=1S/C19H27N3O3S/c1-15-16(2)20-18-8-5-4-7-17(18)19(15)21-9-11-22(12-10-21)26(23,24)14-6-13-25-3/h4-5,7-8H,6,9-14H2,1-3H3. The number of ether oxygens (including phenoxy) is 1. The molecule has 0 N–H and O–H groups in total. The highest BCUT2D eigenvalue weighted by atomic mass is 32.2. The molecular weight excluding hydrogens is 350 g/mol. The Bertz CT molecular complexity index is 875. The lowest BCUT2D eigenvalue weighted by Crippen LogP contribution is -2.49. The molecule has 0 bridgehead atoms. The van der Waals surface area contributed by atoms with Crippen LogP contribution in [0.1, 0.15) is 17.7 Å². The summed E-state index contributed by atoms with van der Waals surface area (Å²) < 4.78 is 31.5. The molecule has 3 rings (SSSR count). The number of rotatable bonds is 6. The van der Waals surface area contributed by atoms with Gasteiger partial charge in [-0.15, -0.1) is 0 Å². The number of pyridine rings is 1. The van der Waals surface area contributed by atoms with Crippen LogP contribution >= 0.6 is 0 Å². The molecule has 0 saturated carbocycles. The number of methoxy groups -OCH3 is 1. The summed E-state index contributed by atoms with van der Waals surface area (Å²) >= 11 is 0. The summed E-state index contributed by atoms with van der Waals surface area (Å²) in [5, 5.41) is 1.13. The van der Waals surface area contributed by atoms with Crippen LogP contribution in [0.2, 0.25) is 0 Å². The Morgan fingerprint density at radius 1 is 1.12 bits per heavy atom. The molecule has 0 spiro atoms. The third-order valence-corrected chi connectivity index (χ3v) is 7.00. The predicted octanol–water partition coefficient (Wildman–Crippen LogP) is 2.34. The van der Waals surface area contributed by atoms with Crippen molar-refractivity contribution in [2.45, 2.75) is 20.3 Å². The van der Waals surface area contributed by atoms with E-state index >= 15 is 0 Å². The summed E-state index contributed by atoms with van der Waals surface area (Å²) in [7, 11) is -1.62. The number of aromatic nitrogens is 1. The minimum atomic E-state index is -3.21. The molecule has 26 heavy (non-hydrogen) atoms. The molecule has 2 aromatic rings. The largest absolute Gasteiger partial charge is 0.385 e. The van der Waals surface area contributed by atoms with E-state index in [1.54, 1.807) is 11.4 Å². The zero-order valence-electron chi connectivity index (χ0n) is 15.7. The van der Waals surface area contributed by atoms with Crippen LogP contribution in [0.3, 0.4) is 0 Å². The predicted molar refractivity (Wildman–Crippen MR) is 105 cm³/mol. The number of benzene rings is 1. The number of sulfonamides is 1. The van der Waals surface area contributed by atoms with Crippen molar-refractivity contribution in [2.75, 3.05) is 50.5 Å². The maximum atomic E-state index is 12.5. The van der Waals surface area contributed by atoms with Crippen molar-refractivity contribution < 1.29 is 13.2 Å². The highest BCUT2D eigenvalue weighted by Gasteiger charge is 2.28. The van der Waals surface area contributed by atoms with Crippen LogP contribution in [0.15, 0.2) is 24.3 Å². The first kappa shape index (κ1) is 19.1. The van der Waals surface area contributed by atoms with Gasteiger partial charge in [0.2, 0.25) is 10.0 Å². The number of anilines is 1. The maximum absolute atomic E-state index is 12.5. The molecule has 7 heteroatoms. The zero-order chi connectivity index (χ0) is 18.7. The average molecular weight is 378 g/mol. The fraction of sp³-hybridized carbons (Fsp3) is 0.526. The average Bonchev–Trinajstić information content (AvgIpc) is 2.63. The summed E-state index contributed by atoms with van der Waals surface area (Å²) in [4.78, 5) is 6.98. The minimum absolute atomic E-state index is 0.150. The Morgan fingerprint density at radius 3 is 2.50 bits per heavy atom. The second-order valence-corrected chi connectivity index (χ2v) is 8.82. The normalized spacial score (nSPS) is 16.3. The molecule has 0 atom stereocenters. The van der Waals surface area contributed by atoms with Crippen LogP contribution in [0.4, 0.5) is 5.69 Å². The number of piperazine rings is 1. The highest BCUT2D eigenvalue weighted by Crippen LogP contribution is 2.32. The lowest BCUT2D eigenvalue weighted by atomic mass is 10.1. The Hall–Kier alpha value is -1.70. The van der Waals surface area contributed by atoms with E-state index in [1.807, 2.05) is 25.1 Å². The van der Waals surface area contributed by atoms with E-state index in [0.717, 1.165) is 16.6 Å². The second-order valence-electron chi connectivity index (χ2n) is 6.74. The van der Waals surface area contributed by atoms with Crippen LogP contribution in [0.5, 0.6) is 0 Å². The van der Waals surface area contributed by atoms with Gasteiger partial charge in [-0.1, -0.05) is 18.2 Å². The minimum Gasteiger partial charge on any atom is -0.385 e. The summed E-state index contributed by atoms with van der Waals surface area (Å²) in [6.45, 7) is 7.02. The van der Waals surface area contributed by atoms with E-state index in [0.29, 0.717) is 39.2 Å². The first-order valence-corrected chi connectivity index (χ1v) is 10.6. The fourth-order valence-electron chi connectivity index (χ4n) is 3.52. The van der Waals surface area contributed by atoms with Gasteiger partial charge in [0, 0.05) is 51.0 Å². The molecule has 0 aliphatic carbocycles. The van der Waals surface area contributed by atoms with Crippen LogP contribution in [0, 0.1) is 13.8 Å². The molecule has 142 valence electrons. The van der Waals surface area contributed by atoms with E-state index < -0.39 is 10.0 Å². The smallest absolute Gasteiger partial charge is 0.214 e. The van der Waals surface area contributed by atoms with E-state index in [-0.39, 0.29) is 5.75 Å². The molecule has 2 heterocycles. The zero-order valence-corrected chi connectivity index (χ0v) is 16.6. The van der Waals surface area contributed by atoms with Crippen molar-refractivity contribution in [3.8, 4) is 0 Å². The lowest BCUT2D eigenvalue weighted by molar-refractivity contribution is 0.199. The molecule has 1 saturated heterocycles. The first-order valence-electron chi connectivity index (χ1n) is 9.01. The van der Waals surface area contributed by atoms with Crippen LogP contribution in [-0.2, 0) is 14.8 Å². The van der Waals surface area contributed by atoms with Gasteiger partial charge in [-0.2, -0.15) is 4.31 Å². The highest BCUT2D eigenvalue weighted by molar-refractivity contribution is 7.89. The Balaban J connectivity index is 1.79. The molecule has 1 fully saturated rings. The fourth-order valence-corrected chi connectivity index (χ4v) is 4.98. The first-order chi connectivity index (χ1) is 12.4. The number of hydrogen-bond acceptors (Lipinski definition) is 5. The van der Waals surface area contributed by atoms with Gasteiger partial charge in [0.05, 0.1) is 17.0 Å². The Morgan fingerprint density at radius 2 is 1.81 bits per heavy atom. The maximum Gasteiger partial charge on any atom is 0.214 e. The number of nitrogens with zero attached hydrogens (tertiary/aromatic N) is 3. The van der Waals surface area contributed by atoms with Gasteiger partial charge >= 0.3 is 0 Å². The monoisotopic (exact) mass is 377 g/mol. The van der Waals surface area contributed by atoms with Gasteiger partial charge < -0.3 is 9.64 Å². The number of para-hydroxylation sites is 1. The second kappa shape index (κ2) is 7.90. The molecular formula is C19H27N3O3S. The lowest BCUT2D eigenvalue weighted by Gasteiger charge is -2.37. The van der Waals surface area contributed by atoms with Crippen molar-refractivity contribution in [1.82, 2.24) is 9.29 Å². The van der Waals surface area contributed by atoms with Crippen LogP contribution in [0.25, 0.3) is 10.9 Å². The summed E-state index contributed by atoms with van der Waals surface area (Å²) in [6, 6.07) is 8.15. The van der Waals surface area contributed by atoms with Crippen LogP contribution in [-0.4, -0.2) is 63.4 Å². The summed E-state index contributed by atoms with van der Waals surface area (Å²) in [5.41, 5.74) is 4.36. The van der Waals surface area contributed by atoms with Gasteiger partial charge in [-0.3, -0.25) is 4.98 Å². The number of fused-ring (bicyclic) bond motifs is 1. The van der Waals surface area contributed by atoms with E-state index in [1.165, 1.54) is 11.3 Å². The van der Waals surface area contributed by atoms with Gasteiger partial charge in [-0.05, 0) is 31.9 Å². The van der Waals surface area contributed by atoms with Gasteiger partial charge in [0.15, 0.2) is 0 Å². The van der Waals surface area contributed by atoms with Crippen molar-refractivity contribution >= 4 is 26.6 Å². The topological polar surface area (TPSA) is 62.7 Å². The summed E-state index contributed by atoms with van der Waals surface area (Å²) in [6.07, 6.45) is 0.534. The quantitative estimate of drug-likeness (QED) is 0.723. The van der Waals surface area contributed by atoms with E-state index in [2.05, 4.69) is 22.9 Å². The van der Waals surface area contributed by atoms with Gasteiger partial charge in [0.25, 0.3) is 0 Å². The molecule has 1 aliphatic heterocycles. The van der Waals surface area contributed by atoms with Crippen molar-refractivity contribution in [3.63, 3.8) is 0 Å². The molecule has 1 aliphatic rings. The molecule has 0 radical (unpaired) electrons. The molecule has 1 aromatic carbocycles. The number of aryl methyl sites for hydroxylation is 1. The third kappa shape index (κ3) is 3.84. The molecule has 0 amide bonds. The Kier molecular flexibility index (Phi) is 5.79. The van der Waals surface area contributed by atoms with Crippen molar-refractivity contribution in [2.24, 2.45) is 0 Å². The van der Waals surface area contributed by atoms with E-state index in [9.17, 15) is 8.42 Å². The van der Waals surface area contributed by atoms with E-state index in [4.69, 9.17) is 4.74 Å². The van der Waals surface area contributed by atoms with Crippen molar-refractivity contribution in [3.05, 3.63) is 35.5 Å². The number of hydrogen-bond donors (Lipinski definition) is 0.